The molecule has 0 aliphatic carbocycles. The molecule has 3 aromatic heterocycles. The van der Waals surface area contributed by atoms with Crippen molar-refractivity contribution in [3.63, 3.8) is 0 Å². The van der Waals surface area contributed by atoms with Gasteiger partial charge in [0.05, 0.1) is 23.6 Å². The number of aromatic amines is 1. The molecule has 0 radical (unpaired) electrons. The van der Waals surface area contributed by atoms with Crippen molar-refractivity contribution < 1.29 is 4.42 Å². The van der Waals surface area contributed by atoms with E-state index in [0.717, 1.165) is 29.2 Å². The van der Waals surface area contributed by atoms with Gasteiger partial charge in [-0.2, -0.15) is 0 Å². The van der Waals surface area contributed by atoms with Gasteiger partial charge in [-0.15, -0.1) is 0 Å². The van der Waals surface area contributed by atoms with Gasteiger partial charge in [-0.05, 0) is 29.8 Å². The molecule has 20 heavy (non-hydrogen) atoms. The Labute approximate surface area is 114 Å². The van der Waals surface area contributed by atoms with Crippen LogP contribution in [0.3, 0.4) is 0 Å². The van der Waals surface area contributed by atoms with Gasteiger partial charge in [0.25, 0.3) is 0 Å². The first kappa shape index (κ1) is 11.0. The maximum Gasteiger partial charge on any atom is 0.174 e. The van der Waals surface area contributed by atoms with Crippen LogP contribution in [0.5, 0.6) is 0 Å². The van der Waals surface area contributed by atoms with Crippen molar-refractivity contribution in [2.45, 2.75) is 6.54 Å². The topological polar surface area (TPSA) is 59.6 Å². The molecule has 0 aliphatic rings. The maximum atomic E-state index is 5.36. The van der Waals surface area contributed by atoms with Crippen molar-refractivity contribution in [1.29, 1.82) is 0 Å². The second kappa shape index (κ2) is 4.38. The van der Waals surface area contributed by atoms with Crippen LogP contribution in [0.15, 0.2) is 59.7 Å². The van der Waals surface area contributed by atoms with Gasteiger partial charge >= 0.3 is 0 Å². The molecule has 0 saturated carbocycles. The zero-order chi connectivity index (χ0) is 13.4. The zero-order valence-electron chi connectivity index (χ0n) is 10.7. The van der Waals surface area contributed by atoms with E-state index < -0.39 is 0 Å². The highest BCUT2D eigenvalue weighted by Gasteiger charge is 2.08. The van der Waals surface area contributed by atoms with Crippen LogP contribution < -0.4 is 0 Å². The molecule has 4 rings (SSSR count). The molecule has 0 saturated heterocycles. The molecule has 0 aliphatic heterocycles. The van der Waals surface area contributed by atoms with E-state index in [4.69, 9.17) is 4.42 Å². The number of imidazole rings is 2. The molecule has 5 nitrogen and oxygen atoms in total. The molecule has 98 valence electrons. The quantitative estimate of drug-likeness (QED) is 0.618. The third kappa shape index (κ3) is 1.89. The molecule has 5 heteroatoms. The summed E-state index contributed by atoms with van der Waals surface area (Å²) in [6.45, 7) is 0.797. The summed E-state index contributed by atoms with van der Waals surface area (Å²) < 4.78 is 7.39. The fourth-order valence-corrected chi connectivity index (χ4v) is 2.28. The van der Waals surface area contributed by atoms with Crippen LogP contribution >= 0.6 is 0 Å². The van der Waals surface area contributed by atoms with E-state index in [1.165, 1.54) is 5.56 Å². The number of H-pyrrole nitrogens is 1. The summed E-state index contributed by atoms with van der Waals surface area (Å²) in [7, 11) is 0. The number of nitrogens with zero attached hydrogens (tertiary/aromatic N) is 3. The average Bonchev–Trinajstić information content (AvgIpc) is 3.19. The number of aromatic nitrogens is 4. The molecule has 4 aromatic rings. The third-order valence-corrected chi connectivity index (χ3v) is 3.23. The highest BCUT2D eigenvalue weighted by Crippen LogP contribution is 2.21. The summed E-state index contributed by atoms with van der Waals surface area (Å²) in [6, 6.07) is 9.95. The third-order valence-electron chi connectivity index (χ3n) is 3.23. The Morgan fingerprint density at radius 1 is 1.25 bits per heavy atom. The van der Waals surface area contributed by atoms with Crippen LogP contribution in [-0.2, 0) is 6.54 Å². The van der Waals surface area contributed by atoms with Crippen molar-refractivity contribution in [2.24, 2.45) is 0 Å². The van der Waals surface area contributed by atoms with Gasteiger partial charge in [0.2, 0.25) is 0 Å². The minimum absolute atomic E-state index is 0.748. The molecule has 3 heterocycles. The van der Waals surface area contributed by atoms with Crippen LogP contribution in [0.1, 0.15) is 5.56 Å². The van der Waals surface area contributed by atoms with E-state index >= 15 is 0 Å². The largest absolute Gasteiger partial charge is 0.461 e. The lowest BCUT2D eigenvalue weighted by Crippen LogP contribution is -1.95. The summed E-state index contributed by atoms with van der Waals surface area (Å²) in [5, 5.41) is 0. The monoisotopic (exact) mass is 264 g/mol. The Morgan fingerprint density at radius 3 is 3.05 bits per heavy atom. The van der Waals surface area contributed by atoms with Gasteiger partial charge < -0.3 is 14.0 Å². The molecule has 0 amide bonds. The Bertz CT molecular complexity index is 828. The van der Waals surface area contributed by atoms with Crippen LogP contribution in [0.4, 0.5) is 0 Å². The molecule has 0 bridgehead atoms. The highest BCUT2D eigenvalue weighted by atomic mass is 16.3. The summed E-state index contributed by atoms with van der Waals surface area (Å²) in [5.74, 6) is 1.50. The van der Waals surface area contributed by atoms with E-state index in [2.05, 4.69) is 27.1 Å². The number of fused-ring (bicyclic) bond motifs is 1. The Balaban J connectivity index is 1.72. The lowest BCUT2D eigenvalue weighted by Gasteiger charge is -2.01. The first-order chi connectivity index (χ1) is 9.88. The maximum absolute atomic E-state index is 5.36. The summed E-state index contributed by atoms with van der Waals surface area (Å²) >= 11 is 0. The second-order valence-electron chi connectivity index (χ2n) is 4.65. The number of benzene rings is 1. The summed E-state index contributed by atoms with van der Waals surface area (Å²) in [5.41, 5.74) is 3.14. The minimum Gasteiger partial charge on any atom is -0.461 e. The normalized spacial score (nSPS) is 11.2. The van der Waals surface area contributed by atoms with Gasteiger partial charge in [-0.25, -0.2) is 9.97 Å². The standard InChI is InChI=1S/C15H12N4O/c1-2-14(20-7-1)15-17-12-4-3-11(8-13(12)18-15)9-19-6-5-16-10-19/h1-8,10H,9H2,(H,17,18). The molecular formula is C15H12N4O. The Morgan fingerprint density at radius 2 is 2.25 bits per heavy atom. The number of rotatable bonds is 3. The van der Waals surface area contributed by atoms with Crippen molar-refractivity contribution in [3.8, 4) is 11.6 Å². The van der Waals surface area contributed by atoms with Crippen molar-refractivity contribution in [3.05, 3.63) is 60.9 Å². The Hall–Kier alpha value is -2.82. The lowest BCUT2D eigenvalue weighted by molar-refractivity contribution is 0.578. The van der Waals surface area contributed by atoms with E-state index in [1.807, 2.05) is 35.3 Å². The molecule has 1 N–H and O–H groups in total. The predicted molar refractivity (Wildman–Crippen MR) is 75.1 cm³/mol. The fraction of sp³-hybridized carbons (Fsp3) is 0.0667. The predicted octanol–water partition coefficient (Wildman–Crippen LogP) is 3.07. The van der Waals surface area contributed by atoms with Gasteiger partial charge in [0.15, 0.2) is 11.6 Å². The molecular weight excluding hydrogens is 252 g/mol. The van der Waals surface area contributed by atoms with E-state index in [1.54, 1.807) is 12.5 Å². The SMILES string of the molecule is c1coc(-c2nc3ccc(Cn4ccnc4)cc3[nH]2)c1. The zero-order valence-corrected chi connectivity index (χ0v) is 10.7. The first-order valence-electron chi connectivity index (χ1n) is 6.37. The van der Waals surface area contributed by atoms with Gasteiger partial charge in [0, 0.05) is 18.9 Å². The first-order valence-corrected chi connectivity index (χ1v) is 6.37. The van der Waals surface area contributed by atoms with Crippen LogP contribution in [0, 0.1) is 0 Å². The number of furan rings is 1. The van der Waals surface area contributed by atoms with Crippen LogP contribution in [0.2, 0.25) is 0 Å². The van der Waals surface area contributed by atoms with Crippen LogP contribution in [0.25, 0.3) is 22.6 Å². The summed E-state index contributed by atoms with van der Waals surface area (Å²) in [6.07, 6.45) is 7.19. The van der Waals surface area contributed by atoms with Gasteiger partial charge in [-0.3, -0.25) is 0 Å². The van der Waals surface area contributed by atoms with Gasteiger partial charge in [-0.1, -0.05) is 6.07 Å². The van der Waals surface area contributed by atoms with Crippen molar-refractivity contribution in [1.82, 2.24) is 19.5 Å². The van der Waals surface area contributed by atoms with E-state index in [0.29, 0.717) is 0 Å². The molecule has 1 aromatic carbocycles. The minimum atomic E-state index is 0.748. The smallest absolute Gasteiger partial charge is 0.174 e. The molecule has 0 fully saturated rings. The molecule has 0 unspecified atom stereocenters. The van der Waals surface area contributed by atoms with Crippen molar-refractivity contribution >= 4 is 11.0 Å². The highest BCUT2D eigenvalue weighted by molar-refractivity contribution is 5.79. The number of hydrogen-bond acceptors (Lipinski definition) is 3. The summed E-state index contributed by atoms with van der Waals surface area (Å²) in [4.78, 5) is 11.9. The van der Waals surface area contributed by atoms with E-state index in [-0.39, 0.29) is 0 Å². The van der Waals surface area contributed by atoms with Crippen molar-refractivity contribution in [2.75, 3.05) is 0 Å². The van der Waals surface area contributed by atoms with Crippen LogP contribution in [-0.4, -0.2) is 19.5 Å². The average molecular weight is 264 g/mol. The number of hydrogen-bond donors (Lipinski definition) is 1. The Kier molecular flexibility index (Phi) is 2.42. The second-order valence-corrected chi connectivity index (χ2v) is 4.65. The fourth-order valence-electron chi connectivity index (χ4n) is 2.28. The van der Waals surface area contributed by atoms with Gasteiger partial charge in [0.1, 0.15) is 0 Å². The molecule has 0 atom stereocenters. The molecule has 0 spiro atoms. The van der Waals surface area contributed by atoms with E-state index in [9.17, 15) is 0 Å². The lowest BCUT2D eigenvalue weighted by atomic mass is 10.2. The number of nitrogens with one attached hydrogen (secondary N) is 1.